The van der Waals surface area contributed by atoms with Gasteiger partial charge in [-0.1, -0.05) is 0 Å². The zero-order valence-electron chi connectivity index (χ0n) is 5.89. The highest BCUT2D eigenvalue weighted by atomic mass is 16.2. The average molecular weight is 140 g/mol. The summed E-state index contributed by atoms with van der Waals surface area (Å²) in [7, 11) is 0. The first-order valence-electron chi connectivity index (χ1n) is 3.89. The summed E-state index contributed by atoms with van der Waals surface area (Å²) in [5.41, 5.74) is 0. The van der Waals surface area contributed by atoms with Crippen LogP contribution in [0.5, 0.6) is 0 Å². The summed E-state index contributed by atoms with van der Waals surface area (Å²) in [5.74, 6) is 0.822. The number of fused-ring (bicyclic) bond motifs is 1. The van der Waals surface area contributed by atoms with Crippen molar-refractivity contribution >= 4 is 5.91 Å². The van der Waals surface area contributed by atoms with Crippen LogP contribution in [-0.4, -0.2) is 25.0 Å². The first kappa shape index (κ1) is 6.16. The molecule has 2 unspecified atom stereocenters. The fourth-order valence-electron chi connectivity index (χ4n) is 1.87. The summed E-state index contributed by atoms with van der Waals surface area (Å²) in [5, 5.41) is 6.05. The van der Waals surface area contributed by atoms with Crippen LogP contribution in [0.25, 0.3) is 0 Å². The molecule has 0 spiro atoms. The van der Waals surface area contributed by atoms with E-state index in [1.54, 1.807) is 0 Å². The number of hydrogen-bond donors (Lipinski definition) is 2. The Hall–Kier alpha value is -0.570. The van der Waals surface area contributed by atoms with Gasteiger partial charge in [-0.2, -0.15) is 0 Å². The Morgan fingerprint density at radius 3 is 2.90 bits per heavy atom. The molecule has 0 aliphatic carbocycles. The van der Waals surface area contributed by atoms with Gasteiger partial charge in [0, 0.05) is 6.54 Å². The van der Waals surface area contributed by atoms with E-state index >= 15 is 0 Å². The quantitative estimate of drug-likeness (QED) is 0.475. The van der Waals surface area contributed by atoms with Gasteiger partial charge in [0.1, 0.15) is 0 Å². The molecule has 1 amide bonds. The molecule has 2 fully saturated rings. The minimum absolute atomic E-state index is 0.133. The molecule has 0 aromatic carbocycles. The molecular weight excluding hydrogens is 128 g/mol. The van der Waals surface area contributed by atoms with Crippen LogP contribution in [0.15, 0.2) is 0 Å². The summed E-state index contributed by atoms with van der Waals surface area (Å²) in [6, 6.07) is 0.133. The molecule has 56 valence electrons. The minimum Gasteiger partial charge on any atom is -0.355 e. The lowest BCUT2D eigenvalue weighted by Crippen LogP contribution is -2.48. The van der Waals surface area contributed by atoms with E-state index in [4.69, 9.17) is 0 Å². The van der Waals surface area contributed by atoms with Crippen molar-refractivity contribution in [2.24, 2.45) is 5.92 Å². The normalized spacial score (nSPS) is 39.0. The Morgan fingerprint density at radius 1 is 1.30 bits per heavy atom. The van der Waals surface area contributed by atoms with E-state index in [0.717, 1.165) is 19.5 Å². The van der Waals surface area contributed by atoms with Gasteiger partial charge in [-0.3, -0.25) is 4.79 Å². The maximum absolute atomic E-state index is 11.1. The number of carbonyl (C=O) groups is 1. The largest absolute Gasteiger partial charge is 0.355 e. The van der Waals surface area contributed by atoms with E-state index in [1.165, 1.54) is 6.42 Å². The SMILES string of the molecule is O=C1NCCC2CCNC12. The van der Waals surface area contributed by atoms with Gasteiger partial charge in [0.05, 0.1) is 6.04 Å². The molecule has 2 saturated heterocycles. The number of amides is 1. The van der Waals surface area contributed by atoms with Gasteiger partial charge in [0.2, 0.25) is 5.91 Å². The summed E-state index contributed by atoms with van der Waals surface area (Å²) >= 11 is 0. The van der Waals surface area contributed by atoms with Crippen molar-refractivity contribution in [3.63, 3.8) is 0 Å². The number of nitrogens with one attached hydrogen (secondary N) is 2. The van der Waals surface area contributed by atoms with Crippen molar-refractivity contribution in [2.75, 3.05) is 13.1 Å². The van der Waals surface area contributed by atoms with E-state index in [1.807, 2.05) is 0 Å². The fourth-order valence-corrected chi connectivity index (χ4v) is 1.87. The molecule has 2 aliphatic heterocycles. The van der Waals surface area contributed by atoms with Crippen LogP contribution in [0.1, 0.15) is 12.8 Å². The summed E-state index contributed by atoms with van der Waals surface area (Å²) in [4.78, 5) is 11.1. The monoisotopic (exact) mass is 140 g/mol. The van der Waals surface area contributed by atoms with E-state index < -0.39 is 0 Å². The second kappa shape index (κ2) is 2.23. The van der Waals surface area contributed by atoms with Gasteiger partial charge in [0.25, 0.3) is 0 Å². The number of rotatable bonds is 0. The molecular formula is C7H12N2O. The Kier molecular flexibility index (Phi) is 1.38. The van der Waals surface area contributed by atoms with E-state index in [9.17, 15) is 4.79 Å². The summed E-state index contributed by atoms with van der Waals surface area (Å²) in [6.45, 7) is 1.89. The second-order valence-electron chi connectivity index (χ2n) is 3.06. The highest BCUT2D eigenvalue weighted by Crippen LogP contribution is 2.21. The van der Waals surface area contributed by atoms with Crippen molar-refractivity contribution in [2.45, 2.75) is 18.9 Å². The van der Waals surface area contributed by atoms with Gasteiger partial charge in [-0.15, -0.1) is 0 Å². The lowest BCUT2D eigenvalue weighted by atomic mass is 9.93. The molecule has 0 aromatic rings. The lowest BCUT2D eigenvalue weighted by Gasteiger charge is -2.24. The van der Waals surface area contributed by atoms with Crippen molar-refractivity contribution in [3.05, 3.63) is 0 Å². The first-order valence-corrected chi connectivity index (χ1v) is 3.89. The molecule has 0 saturated carbocycles. The lowest BCUT2D eigenvalue weighted by molar-refractivity contribution is -0.125. The summed E-state index contributed by atoms with van der Waals surface area (Å²) in [6.07, 6.45) is 2.33. The topological polar surface area (TPSA) is 41.1 Å². The highest BCUT2D eigenvalue weighted by molar-refractivity contribution is 5.83. The standard InChI is InChI=1S/C7H12N2O/c10-7-6-5(1-3-8-6)2-4-9-7/h5-6,8H,1-4H2,(H,9,10). The Bertz CT molecular complexity index is 158. The summed E-state index contributed by atoms with van der Waals surface area (Å²) < 4.78 is 0. The van der Waals surface area contributed by atoms with E-state index in [0.29, 0.717) is 5.92 Å². The predicted octanol–water partition coefficient (Wildman–Crippen LogP) is -0.516. The third-order valence-corrected chi connectivity index (χ3v) is 2.45. The van der Waals surface area contributed by atoms with Crippen molar-refractivity contribution in [1.82, 2.24) is 10.6 Å². The molecule has 2 N–H and O–H groups in total. The van der Waals surface area contributed by atoms with E-state index in [2.05, 4.69) is 10.6 Å². The van der Waals surface area contributed by atoms with Crippen LogP contribution in [0.4, 0.5) is 0 Å². The molecule has 10 heavy (non-hydrogen) atoms. The third kappa shape index (κ3) is 0.814. The first-order chi connectivity index (χ1) is 4.88. The molecule has 3 heteroatoms. The fraction of sp³-hybridized carbons (Fsp3) is 0.857. The zero-order chi connectivity index (χ0) is 6.97. The highest BCUT2D eigenvalue weighted by Gasteiger charge is 2.34. The molecule has 2 atom stereocenters. The van der Waals surface area contributed by atoms with Crippen LogP contribution in [0.3, 0.4) is 0 Å². The van der Waals surface area contributed by atoms with Gasteiger partial charge in [0.15, 0.2) is 0 Å². The molecule has 0 radical (unpaired) electrons. The molecule has 2 aliphatic rings. The molecule has 2 heterocycles. The van der Waals surface area contributed by atoms with Gasteiger partial charge in [-0.25, -0.2) is 0 Å². The Labute approximate surface area is 60.2 Å². The second-order valence-corrected chi connectivity index (χ2v) is 3.06. The predicted molar refractivity (Wildman–Crippen MR) is 37.5 cm³/mol. The van der Waals surface area contributed by atoms with Crippen molar-refractivity contribution in [1.29, 1.82) is 0 Å². The number of piperidine rings is 1. The van der Waals surface area contributed by atoms with Crippen LogP contribution < -0.4 is 10.6 Å². The van der Waals surface area contributed by atoms with E-state index in [-0.39, 0.29) is 11.9 Å². The number of carbonyl (C=O) groups excluding carboxylic acids is 1. The Balaban J connectivity index is 2.10. The van der Waals surface area contributed by atoms with Gasteiger partial charge >= 0.3 is 0 Å². The van der Waals surface area contributed by atoms with Crippen LogP contribution in [-0.2, 0) is 4.79 Å². The molecule has 2 rings (SSSR count). The number of hydrogen-bond acceptors (Lipinski definition) is 2. The van der Waals surface area contributed by atoms with Crippen molar-refractivity contribution in [3.8, 4) is 0 Å². The molecule has 0 aromatic heterocycles. The van der Waals surface area contributed by atoms with Crippen LogP contribution >= 0.6 is 0 Å². The van der Waals surface area contributed by atoms with Gasteiger partial charge in [-0.05, 0) is 25.3 Å². The third-order valence-electron chi connectivity index (χ3n) is 2.45. The van der Waals surface area contributed by atoms with Gasteiger partial charge < -0.3 is 10.6 Å². The maximum Gasteiger partial charge on any atom is 0.237 e. The average Bonchev–Trinajstić information content (AvgIpc) is 2.36. The molecule has 3 nitrogen and oxygen atoms in total. The Morgan fingerprint density at radius 2 is 2.10 bits per heavy atom. The van der Waals surface area contributed by atoms with Crippen LogP contribution in [0.2, 0.25) is 0 Å². The maximum atomic E-state index is 11.1. The van der Waals surface area contributed by atoms with Crippen molar-refractivity contribution < 1.29 is 4.79 Å². The minimum atomic E-state index is 0.133. The van der Waals surface area contributed by atoms with Crippen LogP contribution in [0, 0.1) is 5.92 Å². The smallest absolute Gasteiger partial charge is 0.237 e. The molecule has 0 bridgehead atoms. The zero-order valence-corrected chi connectivity index (χ0v) is 5.89.